The molecule has 3 rings (SSSR count). The second-order valence-corrected chi connectivity index (χ2v) is 7.78. The Morgan fingerprint density at radius 1 is 1.30 bits per heavy atom. The number of guanidine groups is 1. The summed E-state index contributed by atoms with van der Waals surface area (Å²) in [5, 5.41) is 11.1. The normalized spacial score (nSPS) is 15.9. The fourth-order valence-electron chi connectivity index (χ4n) is 3.26. The minimum absolute atomic E-state index is 0.267. The van der Waals surface area contributed by atoms with Gasteiger partial charge in [-0.05, 0) is 45.9 Å². The molecule has 2 aromatic rings. The Morgan fingerprint density at radius 2 is 2.15 bits per heavy atom. The summed E-state index contributed by atoms with van der Waals surface area (Å²) in [5.74, 6) is 1.51. The maximum Gasteiger partial charge on any atom is 0.222 e. The van der Waals surface area contributed by atoms with Crippen molar-refractivity contribution in [2.45, 2.75) is 38.8 Å². The van der Waals surface area contributed by atoms with Crippen LogP contribution in [0.2, 0.25) is 0 Å². The predicted molar refractivity (Wildman–Crippen MR) is 112 cm³/mol. The molecule has 1 atom stereocenters. The molecule has 5 nitrogen and oxygen atoms in total. The molecule has 144 valence electrons. The van der Waals surface area contributed by atoms with Crippen molar-refractivity contribution >= 4 is 23.2 Å². The first-order valence-electron chi connectivity index (χ1n) is 9.48. The summed E-state index contributed by atoms with van der Waals surface area (Å²) in [4.78, 5) is 18.1. The highest BCUT2D eigenvalue weighted by atomic mass is 32.1. The van der Waals surface area contributed by atoms with Gasteiger partial charge in [-0.15, -0.1) is 0 Å². The van der Waals surface area contributed by atoms with Gasteiger partial charge in [0.05, 0.1) is 0 Å². The zero-order valence-corrected chi connectivity index (χ0v) is 16.9. The molecule has 1 aromatic heterocycles. The zero-order valence-electron chi connectivity index (χ0n) is 16.1. The molecule has 0 aliphatic carbocycles. The first kappa shape index (κ1) is 19.4. The van der Waals surface area contributed by atoms with Crippen LogP contribution < -0.4 is 10.6 Å². The molecule has 1 fully saturated rings. The van der Waals surface area contributed by atoms with Crippen LogP contribution in [-0.4, -0.2) is 36.9 Å². The Balaban J connectivity index is 1.49. The third-order valence-corrected chi connectivity index (χ3v) is 5.61. The molecule has 0 radical (unpaired) electrons. The Labute approximate surface area is 165 Å². The van der Waals surface area contributed by atoms with Crippen molar-refractivity contribution in [3.05, 3.63) is 57.8 Å². The molecule has 0 bridgehead atoms. The van der Waals surface area contributed by atoms with Crippen molar-refractivity contribution in [2.75, 3.05) is 20.1 Å². The van der Waals surface area contributed by atoms with Gasteiger partial charge in [0, 0.05) is 39.6 Å². The third-order valence-electron chi connectivity index (χ3n) is 4.91. The molecule has 0 spiro atoms. The number of aliphatic imine (C=N–C) groups is 1. The van der Waals surface area contributed by atoms with E-state index in [1.54, 1.807) is 18.4 Å². The van der Waals surface area contributed by atoms with E-state index >= 15 is 0 Å². The van der Waals surface area contributed by atoms with E-state index in [4.69, 9.17) is 0 Å². The fraction of sp³-hybridized carbons (Fsp3) is 0.429. The highest BCUT2D eigenvalue weighted by molar-refractivity contribution is 7.07. The van der Waals surface area contributed by atoms with Crippen molar-refractivity contribution in [2.24, 2.45) is 4.99 Å². The van der Waals surface area contributed by atoms with E-state index in [9.17, 15) is 4.79 Å². The standard InChI is InChI=1S/C21H28N4OS/c1-16(19-8-10-27-15-19)12-23-21(22-2)24-13-17-5-3-6-18(11-17)14-25-9-4-7-20(25)26/h3,5-6,8,10-11,15-16H,4,7,9,12-14H2,1-2H3,(H2,22,23,24). The number of amides is 1. The van der Waals surface area contributed by atoms with Gasteiger partial charge in [0.1, 0.15) is 0 Å². The van der Waals surface area contributed by atoms with Crippen molar-refractivity contribution in [1.29, 1.82) is 0 Å². The summed E-state index contributed by atoms with van der Waals surface area (Å²) in [6.07, 6.45) is 1.67. The molecule has 1 aliphatic rings. The second kappa shape index (κ2) is 9.55. The van der Waals surface area contributed by atoms with Gasteiger partial charge in [-0.25, -0.2) is 0 Å². The molecule has 0 saturated carbocycles. The number of hydrogen-bond donors (Lipinski definition) is 2. The Morgan fingerprint density at radius 3 is 2.85 bits per heavy atom. The lowest BCUT2D eigenvalue weighted by Gasteiger charge is -2.17. The number of nitrogens with zero attached hydrogens (tertiary/aromatic N) is 2. The fourth-order valence-corrected chi connectivity index (χ4v) is 4.04. The summed E-state index contributed by atoms with van der Waals surface area (Å²) < 4.78 is 0. The van der Waals surface area contributed by atoms with Gasteiger partial charge in [-0.1, -0.05) is 31.2 Å². The quantitative estimate of drug-likeness (QED) is 0.569. The van der Waals surface area contributed by atoms with Crippen LogP contribution in [0.4, 0.5) is 0 Å². The Hall–Kier alpha value is -2.34. The van der Waals surface area contributed by atoms with Gasteiger partial charge in [-0.3, -0.25) is 9.79 Å². The highest BCUT2D eigenvalue weighted by Gasteiger charge is 2.19. The average molecular weight is 385 g/mol. The van der Waals surface area contributed by atoms with Gasteiger partial charge >= 0.3 is 0 Å². The minimum atomic E-state index is 0.267. The van der Waals surface area contributed by atoms with Crippen molar-refractivity contribution in [3.8, 4) is 0 Å². The number of benzene rings is 1. The van der Waals surface area contributed by atoms with Crippen LogP contribution in [0.15, 0.2) is 46.1 Å². The number of hydrogen-bond acceptors (Lipinski definition) is 3. The Kier molecular flexibility index (Phi) is 6.87. The van der Waals surface area contributed by atoms with Crippen LogP contribution in [0, 0.1) is 0 Å². The van der Waals surface area contributed by atoms with E-state index < -0.39 is 0 Å². The summed E-state index contributed by atoms with van der Waals surface area (Å²) in [6, 6.07) is 10.6. The first-order valence-corrected chi connectivity index (χ1v) is 10.4. The number of rotatable bonds is 7. The summed E-state index contributed by atoms with van der Waals surface area (Å²) >= 11 is 1.73. The van der Waals surface area contributed by atoms with E-state index in [0.29, 0.717) is 25.4 Å². The van der Waals surface area contributed by atoms with Crippen molar-refractivity contribution < 1.29 is 4.79 Å². The molecular formula is C21H28N4OS. The van der Waals surface area contributed by atoms with Crippen molar-refractivity contribution in [1.82, 2.24) is 15.5 Å². The summed E-state index contributed by atoms with van der Waals surface area (Å²) in [6.45, 7) is 5.34. The van der Waals surface area contributed by atoms with Gasteiger partial charge in [-0.2, -0.15) is 11.3 Å². The van der Waals surface area contributed by atoms with Crippen LogP contribution in [0.25, 0.3) is 0 Å². The molecule has 1 unspecified atom stereocenters. The monoisotopic (exact) mass is 384 g/mol. The number of likely N-dealkylation sites (tertiary alicyclic amines) is 1. The zero-order chi connectivity index (χ0) is 19.1. The van der Waals surface area contributed by atoms with Crippen LogP contribution in [0.1, 0.15) is 42.4 Å². The van der Waals surface area contributed by atoms with Crippen LogP contribution in [0.3, 0.4) is 0 Å². The molecule has 1 aliphatic heterocycles. The third kappa shape index (κ3) is 5.57. The largest absolute Gasteiger partial charge is 0.356 e. The minimum Gasteiger partial charge on any atom is -0.356 e. The molecule has 1 saturated heterocycles. The lowest BCUT2D eigenvalue weighted by molar-refractivity contribution is -0.128. The first-order chi connectivity index (χ1) is 13.2. The summed E-state index contributed by atoms with van der Waals surface area (Å²) in [7, 11) is 1.79. The van der Waals surface area contributed by atoms with E-state index in [2.05, 4.69) is 63.6 Å². The number of thiophene rings is 1. The number of nitrogens with one attached hydrogen (secondary N) is 2. The van der Waals surface area contributed by atoms with E-state index in [1.165, 1.54) is 16.7 Å². The molecular weight excluding hydrogens is 356 g/mol. The maximum absolute atomic E-state index is 11.8. The lowest BCUT2D eigenvalue weighted by Crippen LogP contribution is -2.38. The van der Waals surface area contributed by atoms with Gasteiger partial charge in [0.15, 0.2) is 5.96 Å². The number of carbonyl (C=O) groups excluding carboxylic acids is 1. The molecule has 2 heterocycles. The summed E-state index contributed by atoms with van der Waals surface area (Å²) in [5.41, 5.74) is 3.72. The van der Waals surface area contributed by atoms with Crippen LogP contribution in [-0.2, 0) is 17.9 Å². The van der Waals surface area contributed by atoms with Gasteiger partial charge < -0.3 is 15.5 Å². The molecule has 1 amide bonds. The lowest BCUT2D eigenvalue weighted by atomic mass is 10.1. The average Bonchev–Trinajstić information content (AvgIpc) is 3.35. The molecule has 6 heteroatoms. The van der Waals surface area contributed by atoms with Crippen molar-refractivity contribution in [3.63, 3.8) is 0 Å². The van der Waals surface area contributed by atoms with Crippen LogP contribution in [0.5, 0.6) is 0 Å². The number of carbonyl (C=O) groups is 1. The van der Waals surface area contributed by atoms with E-state index in [-0.39, 0.29) is 5.91 Å². The molecule has 1 aromatic carbocycles. The highest BCUT2D eigenvalue weighted by Crippen LogP contribution is 2.17. The molecule has 2 N–H and O–H groups in total. The van der Waals surface area contributed by atoms with E-state index in [0.717, 1.165) is 25.5 Å². The molecule has 27 heavy (non-hydrogen) atoms. The maximum atomic E-state index is 11.8. The predicted octanol–water partition coefficient (Wildman–Crippen LogP) is 3.34. The Bertz CT molecular complexity index is 772. The smallest absolute Gasteiger partial charge is 0.222 e. The second-order valence-electron chi connectivity index (χ2n) is 7.00. The van der Waals surface area contributed by atoms with Gasteiger partial charge in [0.25, 0.3) is 0 Å². The topological polar surface area (TPSA) is 56.7 Å². The SMILES string of the molecule is CN=C(NCc1cccc(CN2CCCC2=O)c1)NCC(C)c1ccsc1. The van der Waals surface area contributed by atoms with Crippen LogP contribution >= 0.6 is 11.3 Å². The van der Waals surface area contributed by atoms with Gasteiger partial charge in [0.2, 0.25) is 5.91 Å². The van der Waals surface area contributed by atoms with E-state index in [1.807, 2.05) is 4.90 Å².